The van der Waals surface area contributed by atoms with E-state index in [2.05, 4.69) is 4.84 Å². The van der Waals surface area contributed by atoms with E-state index in [1.807, 2.05) is 0 Å². The van der Waals surface area contributed by atoms with Crippen LogP contribution in [0.4, 0.5) is 13.2 Å². The first-order chi connectivity index (χ1) is 5.64. The number of likely N-dealkylation sites (N-methyl/N-ethyl adjacent to an activating group) is 1. The number of halogens is 3. The molecule has 7 heteroatoms. The lowest BCUT2D eigenvalue weighted by molar-refractivity contribution is -0.262. The van der Waals surface area contributed by atoms with Crippen LogP contribution < -0.4 is 0 Å². The van der Waals surface area contributed by atoms with Crippen LogP contribution in [-0.4, -0.2) is 42.0 Å². The fourth-order valence-corrected chi connectivity index (χ4v) is 0.511. The first kappa shape index (κ1) is 12.2. The molecule has 0 fully saturated rings. The van der Waals surface area contributed by atoms with Gasteiger partial charge >= 0.3 is 6.18 Å². The van der Waals surface area contributed by atoms with Gasteiger partial charge in [-0.2, -0.15) is 13.2 Å². The molecule has 0 aromatic heterocycles. The summed E-state index contributed by atoms with van der Waals surface area (Å²) in [5, 5.41) is 9.14. The molecule has 13 heavy (non-hydrogen) atoms. The summed E-state index contributed by atoms with van der Waals surface area (Å²) in [6.07, 6.45) is -5.02. The van der Waals surface area contributed by atoms with Crippen LogP contribution in [0.3, 0.4) is 0 Å². The Morgan fingerprint density at radius 1 is 1.46 bits per heavy atom. The molecule has 0 heterocycles. The number of amides is 1. The summed E-state index contributed by atoms with van der Waals surface area (Å²) < 4.78 is 36.1. The van der Waals surface area contributed by atoms with Crippen LogP contribution in [0.15, 0.2) is 0 Å². The molecule has 0 rings (SSSR count). The average Bonchev–Trinajstić information content (AvgIpc) is 1.99. The second-order valence-corrected chi connectivity index (χ2v) is 2.56. The SMILES string of the molecule is CON(C)C(=O)[C@](C)(O)C(F)(F)F. The fraction of sp³-hybridized carbons (Fsp3) is 0.833. The highest BCUT2D eigenvalue weighted by molar-refractivity contribution is 5.84. The van der Waals surface area contributed by atoms with Crippen molar-refractivity contribution in [3.8, 4) is 0 Å². The van der Waals surface area contributed by atoms with Gasteiger partial charge in [0.2, 0.25) is 5.60 Å². The normalized spacial score (nSPS) is 16.5. The highest BCUT2D eigenvalue weighted by atomic mass is 19.4. The van der Waals surface area contributed by atoms with Crippen molar-refractivity contribution in [1.82, 2.24) is 5.06 Å². The zero-order valence-electron chi connectivity index (χ0n) is 7.34. The van der Waals surface area contributed by atoms with E-state index in [-0.39, 0.29) is 0 Å². The van der Waals surface area contributed by atoms with Crippen molar-refractivity contribution in [2.75, 3.05) is 14.2 Å². The number of rotatable bonds is 2. The lowest BCUT2D eigenvalue weighted by Crippen LogP contribution is -2.54. The first-order valence-corrected chi connectivity index (χ1v) is 3.26. The number of hydrogen-bond acceptors (Lipinski definition) is 3. The number of nitrogens with zero attached hydrogens (tertiary/aromatic N) is 1. The lowest BCUT2D eigenvalue weighted by atomic mass is 10.1. The van der Waals surface area contributed by atoms with Crippen LogP contribution in [-0.2, 0) is 9.63 Å². The molecule has 4 nitrogen and oxygen atoms in total. The molecule has 0 aliphatic heterocycles. The van der Waals surface area contributed by atoms with Crippen molar-refractivity contribution in [2.45, 2.75) is 18.7 Å². The maximum absolute atomic E-state index is 12.0. The molecule has 0 radical (unpaired) electrons. The molecule has 0 spiro atoms. The summed E-state index contributed by atoms with van der Waals surface area (Å²) in [6, 6.07) is 0. The molecule has 0 aromatic carbocycles. The third kappa shape index (κ3) is 2.31. The molecule has 1 N–H and O–H groups in total. The Labute approximate surface area is 72.8 Å². The number of hydrogen-bond donors (Lipinski definition) is 1. The van der Waals surface area contributed by atoms with Gasteiger partial charge in [0, 0.05) is 7.05 Å². The molecule has 0 saturated heterocycles. The van der Waals surface area contributed by atoms with Gasteiger partial charge in [0.05, 0.1) is 7.11 Å². The third-order valence-electron chi connectivity index (χ3n) is 1.53. The predicted molar refractivity (Wildman–Crippen MR) is 36.5 cm³/mol. The Morgan fingerprint density at radius 3 is 2.08 bits per heavy atom. The smallest absolute Gasteiger partial charge is 0.373 e. The molecular formula is C6H10F3NO3. The number of carbonyl (C=O) groups excluding carboxylic acids is 1. The average molecular weight is 201 g/mol. The van der Waals surface area contributed by atoms with Gasteiger partial charge in [0.15, 0.2) is 0 Å². The fourth-order valence-electron chi connectivity index (χ4n) is 0.511. The largest absolute Gasteiger partial charge is 0.426 e. The first-order valence-electron chi connectivity index (χ1n) is 3.26. The maximum Gasteiger partial charge on any atom is 0.426 e. The van der Waals surface area contributed by atoms with Crippen molar-refractivity contribution in [3.05, 3.63) is 0 Å². The summed E-state index contributed by atoms with van der Waals surface area (Å²) in [5.74, 6) is -1.57. The Bertz CT molecular complexity index is 202. The van der Waals surface area contributed by atoms with Crippen molar-refractivity contribution in [3.63, 3.8) is 0 Å². The minimum Gasteiger partial charge on any atom is -0.373 e. The number of carbonyl (C=O) groups is 1. The van der Waals surface area contributed by atoms with Crippen LogP contribution >= 0.6 is 0 Å². The zero-order valence-corrected chi connectivity index (χ0v) is 7.34. The highest BCUT2D eigenvalue weighted by Crippen LogP contribution is 2.31. The van der Waals surface area contributed by atoms with E-state index in [1.54, 1.807) is 0 Å². The highest BCUT2D eigenvalue weighted by Gasteiger charge is 2.57. The summed E-state index contributed by atoms with van der Waals surface area (Å²) in [4.78, 5) is 15.1. The molecule has 0 aliphatic carbocycles. The molecule has 0 unspecified atom stereocenters. The Balaban J connectivity index is 4.75. The lowest BCUT2D eigenvalue weighted by Gasteiger charge is -2.28. The molecule has 0 aromatic rings. The van der Waals surface area contributed by atoms with Crippen molar-refractivity contribution >= 4 is 5.91 Å². The van der Waals surface area contributed by atoms with Crippen LogP contribution in [0.1, 0.15) is 6.92 Å². The van der Waals surface area contributed by atoms with Gasteiger partial charge in [0.25, 0.3) is 5.91 Å². The summed E-state index contributed by atoms with van der Waals surface area (Å²) in [6.45, 7) is 0.366. The van der Waals surface area contributed by atoms with E-state index in [0.717, 1.165) is 14.2 Å². The Hall–Kier alpha value is -0.820. The van der Waals surface area contributed by atoms with E-state index in [0.29, 0.717) is 12.0 Å². The van der Waals surface area contributed by atoms with E-state index in [9.17, 15) is 18.0 Å². The van der Waals surface area contributed by atoms with Crippen molar-refractivity contribution in [1.29, 1.82) is 0 Å². The second-order valence-electron chi connectivity index (χ2n) is 2.56. The van der Waals surface area contributed by atoms with Gasteiger partial charge in [-0.15, -0.1) is 0 Å². The van der Waals surface area contributed by atoms with E-state index >= 15 is 0 Å². The summed E-state index contributed by atoms with van der Waals surface area (Å²) in [7, 11) is 1.99. The number of hydroxylamine groups is 2. The minimum atomic E-state index is -5.02. The standard InChI is InChI=1S/C6H10F3NO3/c1-5(12,6(7,8)9)4(11)10(2)13-3/h12H,1-3H3/t5-/m0/s1. The van der Waals surface area contributed by atoms with Crippen molar-refractivity contribution < 1.29 is 27.9 Å². The number of alkyl halides is 3. The van der Waals surface area contributed by atoms with E-state index < -0.39 is 17.7 Å². The van der Waals surface area contributed by atoms with Gasteiger partial charge < -0.3 is 5.11 Å². The zero-order chi connectivity index (χ0) is 10.9. The predicted octanol–water partition coefficient (Wildman–Crippen LogP) is 0.320. The summed E-state index contributed by atoms with van der Waals surface area (Å²) in [5.41, 5.74) is -3.42. The Morgan fingerprint density at radius 2 is 1.85 bits per heavy atom. The molecule has 78 valence electrons. The minimum absolute atomic E-state index is 0.313. The topological polar surface area (TPSA) is 49.8 Å². The van der Waals surface area contributed by atoms with Gasteiger partial charge in [-0.3, -0.25) is 9.63 Å². The third-order valence-corrected chi connectivity index (χ3v) is 1.53. The molecule has 0 bridgehead atoms. The molecule has 0 aliphatic rings. The monoisotopic (exact) mass is 201 g/mol. The van der Waals surface area contributed by atoms with E-state index in [1.165, 1.54) is 0 Å². The van der Waals surface area contributed by atoms with Gasteiger partial charge in [-0.25, -0.2) is 5.06 Å². The van der Waals surface area contributed by atoms with Gasteiger partial charge in [-0.05, 0) is 6.92 Å². The summed E-state index contributed by atoms with van der Waals surface area (Å²) >= 11 is 0. The maximum atomic E-state index is 12.0. The van der Waals surface area contributed by atoms with E-state index in [4.69, 9.17) is 5.11 Å². The second kappa shape index (κ2) is 3.51. The molecular weight excluding hydrogens is 191 g/mol. The van der Waals surface area contributed by atoms with Crippen LogP contribution in [0.25, 0.3) is 0 Å². The van der Waals surface area contributed by atoms with Gasteiger partial charge in [0.1, 0.15) is 0 Å². The quantitative estimate of drug-likeness (QED) is 0.654. The van der Waals surface area contributed by atoms with Crippen LogP contribution in [0.2, 0.25) is 0 Å². The molecule has 0 saturated carbocycles. The molecule has 1 amide bonds. The van der Waals surface area contributed by atoms with Crippen molar-refractivity contribution in [2.24, 2.45) is 0 Å². The van der Waals surface area contributed by atoms with Gasteiger partial charge in [-0.1, -0.05) is 0 Å². The molecule has 1 atom stereocenters. The number of aliphatic hydroxyl groups is 1. The van der Waals surface area contributed by atoms with Crippen LogP contribution in [0.5, 0.6) is 0 Å². The Kier molecular flexibility index (Phi) is 3.28. The van der Waals surface area contributed by atoms with Crippen LogP contribution in [0, 0.1) is 0 Å².